The first-order chi connectivity index (χ1) is 19.7. The highest BCUT2D eigenvalue weighted by Gasteiger charge is 2.47. The van der Waals surface area contributed by atoms with Gasteiger partial charge in [0.25, 0.3) is 10.1 Å². The largest absolute Gasteiger partial charge is 0.506 e. The molecule has 2 aromatic carbocycles. The summed E-state index contributed by atoms with van der Waals surface area (Å²) >= 11 is 0. The summed E-state index contributed by atoms with van der Waals surface area (Å²) in [6.45, 7) is 17.1. The van der Waals surface area contributed by atoms with E-state index >= 15 is 0 Å². The molecule has 0 bridgehead atoms. The smallest absolute Gasteiger partial charge is 0.294 e. The van der Waals surface area contributed by atoms with E-state index in [-0.39, 0.29) is 33.0 Å². The number of Topliss-reactive ketones (excluding diaryl/α,β-unsaturated/α-hetero) is 1. The van der Waals surface area contributed by atoms with E-state index in [1.165, 1.54) is 12.1 Å². The Labute approximate surface area is 248 Å². The molecule has 7 nitrogen and oxygen atoms in total. The first kappa shape index (κ1) is 29.5. The molecule has 0 saturated heterocycles. The van der Waals surface area contributed by atoms with Gasteiger partial charge in [-0.15, -0.1) is 13.2 Å². The number of para-hydroxylation sites is 1. The number of benzene rings is 2. The summed E-state index contributed by atoms with van der Waals surface area (Å²) in [5.74, 6) is -0.318. The maximum absolute atomic E-state index is 13.6. The molecule has 0 radical (unpaired) electrons. The van der Waals surface area contributed by atoms with E-state index in [4.69, 9.17) is 0 Å². The van der Waals surface area contributed by atoms with Crippen molar-refractivity contribution in [2.75, 3.05) is 18.0 Å². The van der Waals surface area contributed by atoms with E-state index in [1.54, 1.807) is 18.2 Å². The second-order valence-electron chi connectivity index (χ2n) is 11.9. The van der Waals surface area contributed by atoms with Crippen LogP contribution in [0.2, 0.25) is 0 Å². The summed E-state index contributed by atoms with van der Waals surface area (Å²) in [4.78, 5) is 15.4. The fourth-order valence-corrected chi connectivity index (χ4v) is 6.79. The number of fused-ring (bicyclic) bond motifs is 2. The first-order valence-corrected chi connectivity index (χ1v) is 15.5. The number of aliphatic hydroxyl groups excluding tert-OH is 1. The predicted octanol–water partition coefficient (Wildman–Crippen LogP) is 6.46. The maximum atomic E-state index is 13.6. The number of carbonyl (C=O) groups is 1. The minimum absolute atomic E-state index is 0.0653. The van der Waals surface area contributed by atoms with Gasteiger partial charge in [-0.1, -0.05) is 44.2 Å². The zero-order chi connectivity index (χ0) is 30.6. The third-order valence-corrected chi connectivity index (χ3v) is 9.49. The number of rotatable bonds is 9. The summed E-state index contributed by atoms with van der Waals surface area (Å²) in [6, 6.07) is 12.7. The van der Waals surface area contributed by atoms with Crippen LogP contribution in [0, 0.1) is 0 Å². The summed E-state index contributed by atoms with van der Waals surface area (Å²) < 4.78 is 35.6. The van der Waals surface area contributed by atoms with Gasteiger partial charge >= 0.3 is 0 Å². The van der Waals surface area contributed by atoms with Crippen molar-refractivity contribution in [3.63, 3.8) is 0 Å². The van der Waals surface area contributed by atoms with E-state index in [2.05, 4.69) is 43.7 Å². The second-order valence-corrected chi connectivity index (χ2v) is 13.4. The molecule has 2 heterocycles. The van der Waals surface area contributed by atoms with Crippen LogP contribution in [0.15, 0.2) is 107 Å². The van der Waals surface area contributed by atoms with Gasteiger partial charge < -0.3 is 10.0 Å². The van der Waals surface area contributed by atoms with Crippen molar-refractivity contribution >= 4 is 33.0 Å². The molecule has 0 saturated carbocycles. The Hall–Kier alpha value is -4.01. The van der Waals surface area contributed by atoms with Gasteiger partial charge in [0.1, 0.15) is 5.76 Å². The van der Waals surface area contributed by atoms with Crippen LogP contribution in [-0.4, -0.2) is 47.2 Å². The lowest BCUT2D eigenvalue weighted by Crippen LogP contribution is -2.32. The monoisotopic (exact) mass is 585 g/mol. The molecule has 0 fully saturated rings. The van der Waals surface area contributed by atoms with Gasteiger partial charge in [0, 0.05) is 47.5 Å². The van der Waals surface area contributed by atoms with Gasteiger partial charge in [-0.2, -0.15) is 13.0 Å². The molecule has 3 aliphatic rings. The van der Waals surface area contributed by atoms with Gasteiger partial charge in [0.05, 0.1) is 21.5 Å². The molecule has 2 aromatic rings. The zero-order valence-corrected chi connectivity index (χ0v) is 25.3. The Balaban J connectivity index is 1.60. The van der Waals surface area contributed by atoms with Crippen molar-refractivity contribution in [1.29, 1.82) is 0 Å². The number of ketones is 1. The fraction of sp³-hybridized carbons (Fsp3) is 0.294. The van der Waals surface area contributed by atoms with Crippen LogP contribution in [-0.2, 0) is 25.7 Å². The number of nitrogens with zero attached hydrogens (tertiary/aromatic N) is 2. The standard InChI is InChI=1S/C34H36N2O5S/c1-7-9-17-35-27-14-12-11-13-25(27)33(3,4)29(35)20-23-31(37)24(32(23)38)21-30-34(5,6)26-19-22(42(39,40)41)15-16-28(26)36(30)18-10-8-2/h7-8,11-16,19-21H,1-2,9-10,17-18H2,3-6H3,(H-,37,38,39,40,41)/p+1. The van der Waals surface area contributed by atoms with Gasteiger partial charge in [0.2, 0.25) is 11.5 Å². The molecule has 42 heavy (non-hydrogen) atoms. The lowest BCUT2D eigenvalue weighted by molar-refractivity contribution is -0.436. The predicted molar refractivity (Wildman–Crippen MR) is 166 cm³/mol. The molecule has 1 aliphatic carbocycles. The number of carbonyl (C=O) groups excluding carboxylic acids is 1. The van der Waals surface area contributed by atoms with E-state index < -0.39 is 15.5 Å². The Morgan fingerprint density at radius 3 is 2.29 bits per heavy atom. The second kappa shape index (κ2) is 10.4. The van der Waals surface area contributed by atoms with Crippen molar-refractivity contribution in [1.82, 2.24) is 0 Å². The number of anilines is 1. The average molecular weight is 586 g/mol. The minimum atomic E-state index is -4.40. The van der Waals surface area contributed by atoms with Gasteiger partial charge in [0.15, 0.2) is 12.3 Å². The Morgan fingerprint density at radius 2 is 1.64 bits per heavy atom. The van der Waals surface area contributed by atoms with Gasteiger partial charge in [-0.3, -0.25) is 9.35 Å². The lowest BCUT2D eigenvalue weighted by atomic mass is 9.77. The lowest BCUT2D eigenvalue weighted by Gasteiger charge is -2.29. The van der Waals surface area contributed by atoms with Crippen LogP contribution in [0.1, 0.15) is 51.7 Å². The zero-order valence-electron chi connectivity index (χ0n) is 24.5. The van der Waals surface area contributed by atoms with Crippen molar-refractivity contribution in [3.8, 4) is 0 Å². The molecule has 2 aliphatic heterocycles. The van der Waals surface area contributed by atoms with E-state index in [0.29, 0.717) is 25.1 Å². The van der Waals surface area contributed by atoms with Crippen LogP contribution < -0.4 is 4.90 Å². The summed E-state index contributed by atoms with van der Waals surface area (Å²) in [7, 11) is -4.40. The van der Waals surface area contributed by atoms with Crippen LogP contribution in [0.25, 0.3) is 0 Å². The SMILES string of the molecule is C=CCCN1/C(=C/C2=C(O)C(=C\C3=[N+](CCC=C)c4ccccc4C3(C)C)/C2=O)C(C)(C)c2cc(S(=O)(=O)O)ccc21. The molecule has 0 spiro atoms. The Kier molecular flexibility index (Phi) is 7.28. The molecule has 0 atom stereocenters. The molecule has 0 unspecified atom stereocenters. The van der Waals surface area contributed by atoms with Gasteiger partial charge in [-0.25, -0.2) is 0 Å². The minimum Gasteiger partial charge on any atom is -0.506 e. The van der Waals surface area contributed by atoms with E-state index in [1.807, 2.05) is 43.0 Å². The Bertz CT molecular complexity index is 1770. The van der Waals surface area contributed by atoms with Gasteiger partial charge in [-0.05, 0) is 50.1 Å². The third kappa shape index (κ3) is 4.59. The highest BCUT2D eigenvalue weighted by molar-refractivity contribution is 7.85. The molecule has 0 aromatic heterocycles. The van der Waals surface area contributed by atoms with Crippen molar-refractivity contribution in [3.05, 3.63) is 114 Å². The summed E-state index contributed by atoms with van der Waals surface area (Å²) in [5, 5.41) is 11.3. The van der Waals surface area contributed by atoms with Crippen LogP contribution in [0.3, 0.4) is 0 Å². The topological polar surface area (TPSA) is 97.9 Å². The summed E-state index contributed by atoms with van der Waals surface area (Å²) in [5.41, 5.74) is 4.80. The van der Waals surface area contributed by atoms with Crippen LogP contribution in [0.5, 0.6) is 0 Å². The Morgan fingerprint density at radius 1 is 0.952 bits per heavy atom. The van der Waals surface area contributed by atoms with E-state index in [0.717, 1.165) is 34.8 Å². The van der Waals surface area contributed by atoms with Crippen molar-refractivity contribution < 1.29 is 27.4 Å². The van der Waals surface area contributed by atoms with E-state index in [9.17, 15) is 22.9 Å². The first-order valence-electron chi connectivity index (χ1n) is 14.0. The number of aliphatic hydroxyl groups is 1. The molecule has 0 amide bonds. The fourth-order valence-electron chi connectivity index (χ4n) is 6.28. The molecule has 2 N–H and O–H groups in total. The highest BCUT2D eigenvalue weighted by atomic mass is 32.2. The van der Waals surface area contributed by atoms with Crippen LogP contribution in [0.4, 0.5) is 11.4 Å². The molecule has 8 heteroatoms. The third-order valence-electron chi connectivity index (χ3n) is 8.64. The summed E-state index contributed by atoms with van der Waals surface area (Å²) in [6.07, 6.45) is 8.58. The van der Waals surface area contributed by atoms with Crippen LogP contribution >= 0.6 is 0 Å². The quantitative estimate of drug-likeness (QED) is 0.152. The molecular weight excluding hydrogens is 548 g/mol. The normalized spacial score (nSPS) is 20.7. The number of allylic oxidation sites excluding steroid dienone is 5. The van der Waals surface area contributed by atoms with Crippen molar-refractivity contribution in [2.45, 2.75) is 56.3 Å². The number of hydrogen-bond donors (Lipinski definition) is 2. The molecule has 5 rings (SSSR count). The highest BCUT2D eigenvalue weighted by Crippen LogP contribution is 2.50. The average Bonchev–Trinajstić information content (AvgIpc) is 3.29. The molecule has 218 valence electrons. The van der Waals surface area contributed by atoms with Crippen molar-refractivity contribution in [2.24, 2.45) is 0 Å². The molecular formula is C34H37N2O5S+. The maximum Gasteiger partial charge on any atom is 0.294 e. The number of hydrogen-bond acceptors (Lipinski definition) is 5.